The number of halogens is 2. The number of amides is 1. The molecule has 1 N–H and O–H groups in total. The zero-order valence-corrected chi connectivity index (χ0v) is 10.3. The lowest BCUT2D eigenvalue weighted by Crippen LogP contribution is -2.30. The highest BCUT2D eigenvalue weighted by Crippen LogP contribution is 2.30. The van der Waals surface area contributed by atoms with Crippen molar-refractivity contribution < 1.29 is 23.5 Å². The minimum Gasteiger partial charge on any atom is -0.481 e. The van der Waals surface area contributed by atoms with E-state index in [0.29, 0.717) is 0 Å². The maximum absolute atomic E-state index is 13.6. The lowest BCUT2D eigenvalue weighted by molar-refractivity contribution is -0.141. The van der Waals surface area contributed by atoms with Crippen molar-refractivity contribution >= 4 is 11.9 Å². The zero-order chi connectivity index (χ0) is 14.2. The van der Waals surface area contributed by atoms with Gasteiger partial charge in [0.1, 0.15) is 11.6 Å². The van der Waals surface area contributed by atoms with Gasteiger partial charge in [-0.15, -0.1) is 0 Å². The summed E-state index contributed by atoms with van der Waals surface area (Å²) in [5.41, 5.74) is 0.0550. The number of hydrogen-bond acceptors (Lipinski definition) is 2. The fourth-order valence-electron chi connectivity index (χ4n) is 2.27. The van der Waals surface area contributed by atoms with Crippen LogP contribution in [0.5, 0.6) is 0 Å². The molecule has 1 fully saturated rings. The van der Waals surface area contributed by atoms with Crippen molar-refractivity contribution in [1.82, 2.24) is 4.90 Å². The Morgan fingerprint density at radius 2 is 2.16 bits per heavy atom. The summed E-state index contributed by atoms with van der Waals surface area (Å²) >= 11 is 0. The largest absolute Gasteiger partial charge is 0.481 e. The predicted molar refractivity (Wildman–Crippen MR) is 62.2 cm³/mol. The van der Waals surface area contributed by atoms with Crippen LogP contribution in [0.1, 0.15) is 24.9 Å². The van der Waals surface area contributed by atoms with Crippen molar-refractivity contribution in [3.8, 4) is 0 Å². The molecule has 102 valence electrons. The smallest absolute Gasteiger partial charge is 0.308 e. The third-order valence-corrected chi connectivity index (χ3v) is 3.38. The highest BCUT2D eigenvalue weighted by atomic mass is 19.1. The maximum Gasteiger partial charge on any atom is 0.308 e. The Labute approximate surface area is 108 Å². The van der Waals surface area contributed by atoms with Gasteiger partial charge in [-0.2, -0.15) is 0 Å². The molecule has 1 aliphatic heterocycles. The van der Waals surface area contributed by atoms with E-state index >= 15 is 0 Å². The molecule has 0 bridgehead atoms. The number of carbonyl (C=O) groups is 2. The van der Waals surface area contributed by atoms with Crippen molar-refractivity contribution in [2.24, 2.45) is 5.92 Å². The molecule has 1 saturated heterocycles. The third-order valence-electron chi connectivity index (χ3n) is 3.38. The molecule has 1 amide bonds. The zero-order valence-electron chi connectivity index (χ0n) is 10.3. The fraction of sp³-hybridized carbons (Fsp3) is 0.385. The first-order valence-electron chi connectivity index (χ1n) is 5.87. The van der Waals surface area contributed by atoms with Gasteiger partial charge in [-0.25, -0.2) is 8.78 Å². The molecule has 0 aliphatic carbocycles. The van der Waals surface area contributed by atoms with E-state index in [0.717, 1.165) is 18.2 Å². The first-order valence-corrected chi connectivity index (χ1v) is 5.87. The second kappa shape index (κ2) is 4.95. The normalized spacial score (nSPS) is 20.7. The van der Waals surface area contributed by atoms with E-state index in [2.05, 4.69) is 0 Å². The number of carboxylic acid groups (broad SMARTS) is 1. The predicted octanol–water partition coefficient (Wildman–Crippen LogP) is 1.96. The van der Waals surface area contributed by atoms with Crippen molar-refractivity contribution in [3.63, 3.8) is 0 Å². The maximum atomic E-state index is 13.6. The summed E-state index contributed by atoms with van der Waals surface area (Å²) in [6.07, 6.45) is -0.101. The van der Waals surface area contributed by atoms with Gasteiger partial charge in [-0.3, -0.25) is 9.59 Å². The quantitative estimate of drug-likeness (QED) is 0.912. The number of nitrogens with zero attached hydrogens (tertiary/aromatic N) is 1. The second-order valence-electron chi connectivity index (χ2n) is 4.63. The van der Waals surface area contributed by atoms with Crippen molar-refractivity contribution in [1.29, 1.82) is 0 Å². The van der Waals surface area contributed by atoms with Gasteiger partial charge < -0.3 is 10.0 Å². The lowest BCUT2D eigenvalue weighted by Gasteiger charge is -2.25. The van der Waals surface area contributed by atoms with Gasteiger partial charge in [-0.05, 0) is 25.1 Å². The Bertz CT molecular complexity index is 533. The van der Waals surface area contributed by atoms with Crippen LogP contribution in [-0.2, 0) is 9.59 Å². The number of likely N-dealkylation sites (tertiary alicyclic amines) is 1. The molecule has 0 radical (unpaired) electrons. The van der Waals surface area contributed by atoms with Crippen LogP contribution in [0.25, 0.3) is 0 Å². The number of aliphatic carboxylic acids is 1. The molecule has 4 nitrogen and oxygen atoms in total. The van der Waals surface area contributed by atoms with Gasteiger partial charge in [-0.1, -0.05) is 0 Å². The van der Waals surface area contributed by atoms with Crippen LogP contribution in [0.2, 0.25) is 0 Å². The minimum atomic E-state index is -1.05. The SMILES string of the molecule is CC(c1cc(F)ccc1F)N1CC(C(=O)O)CC1=O. The number of carboxylic acids is 1. The molecular weight excluding hydrogens is 256 g/mol. The summed E-state index contributed by atoms with van der Waals surface area (Å²) < 4.78 is 26.8. The van der Waals surface area contributed by atoms with Crippen molar-refractivity contribution in [2.75, 3.05) is 6.54 Å². The Kier molecular flexibility index (Phi) is 3.50. The summed E-state index contributed by atoms with van der Waals surface area (Å²) in [5.74, 6) is -3.40. The van der Waals surface area contributed by atoms with Crippen LogP contribution >= 0.6 is 0 Å². The van der Waals surface area contributed by atoms with E-state index in [4.69, 9.17) is 5.11 Å². The number of benzene rings is 1. The van der Waals surface area contributed by atoms with Crippen LogP contribution in [0.4, 0.5) is 8.78 Å². The average molecular weight is 269 g/mol. The van der Waals surface area contributed by atoms with Crippen molar-refractivity contribution in [3.05, 3.63) is 35.4 Å². The first kappa shape index (κ1) is 13.5. The van der Waals surface area contributed by atoms with Gasteiger partial charge in [0, 0.05) is 18.5 Å². The highest BCUT2D eigenvalue weighted by molar-refractivity contribution is 5.86. The molecule has 1 heterocycles. The second-order valence-corrected chi connectivity index (χ2v) is 4.63. The van der Waals surface area contributed by atoms with E-state index in [9.17, 15) is 18.4 Å². The van der Waals surface area contributed by atoms with Crippen LogP contribution in [0.3, 0.4) is 0 Å². The molecule has 19 heavy (non-hydrogen) atoms. The monoisotopic (exact) mass is 269 g/mol. The van der Waals surface area contributed by atoms with Crippen LogP contribution in [0.15, 0.2) is 18.2 Å². The van der Waals surface area contributed by atoms with Gasteiger partial charge in [0.05, 0.1) is 12.0 Å². The van der Waals surface area contributed by atoms with Crippen LogP contribution in [-0.4, -0.2) is 28.4 Å². The standard InChI is InChI=1S/C13H13F2NO3/c1-7(10-5-9(14)2-3-11(10)15)16-6-8(13(18)19)4-12(16)17/h2-3,5,7-8H,4,6H2,1H3,(H,18,19). The molecule has 1 aromatic carbocycles. The van der Waals surface area contributed by atoms with E-state index in [-0.39, 0.29) is 24.4 Å². The van der Waals surface area contributed by atoms with E-state index in [1.807, 2.05) is 0 Å². The molecule has 0 saturated carbocycles. The number of hydrogen-bond donors (Lipinski definition) is 1. The van der Waals surface area contributed by atoms with E-state index < -0.39 is 29.6 Å². The Balaban J connectivity index is 2.24. The summed E-state index contributed by atoms with van der Waals surface area (Å²) in [4.78, 5) is 23.9. The summed E-state index contributed by atoms with van der Waals surface area (Å²) in [7, 11) is 0. The van der Waals surface area contributed by atoms with Gasteiger partial charge in [0.25, 0.3) is 0 Å². The summed E-state index contributed by atoms with van der Waals surface area (Å²) in [5, 5.41) is 8.89. The molecule has 2 atom stereocenters. The summed E-state index contributed by atoms with van der Waals surface area (Å²) in [6.45, 7) is 1.57. The van der Waals surface area contributed by atoms with E-state index in [1.54, 1.807) is 6.92 Å². The third kappa shape index (κ3) is 2.57. The average Bonchev–Trinajstić information content (AvgIpc) is 2.74. The van der Waals surface area contributed by atoms with Gasteiger partial charge in [0.15, 0.2) is 0 Å². The topological polar surface area (TPSA) is 57.6 Å². The fourth-order valence-corrected chi connectivity index (χ4v) is 2.27. The first-order chi connectivity index (χ1) is 8.90. The number of carbonyl (C=O) groups excluding carboxylic acids is 1. The Morgan fingerprint density at radius 3 is 2.74 bits per heavy atom. The molecular formula is C13H13F2NO3. The molecule has 0 spiro atoms. The molecule has 6 heteroatoms. The van der Waals surface area contributed by atoms with Gasteiger partial charge in [0.2, 0.25) is 5.91 Å². The molecule has 0 aromatic heterocycles. The summed E-state index contributed by atoms with van der Waals surface area (Å²) in [6, 6.07) is 2.34. The van der Waals surface area contributed by atoms with Crippen LogP contribution < -0.4 is 0 Å². The van der Waals surface area contributed by atoms with E-state index in [1.165, 1.54) is 4.90 Å². The highest BCUT2D eigenvalue weighted by Gasteiger charge is 2.37. The Hall–Kier alpha value is -1.98. The number of rotatable bonds is 3. The molecule has 2 rings (SSSR count). The molecule has 1 aromatic rings. The molecule has 2 unspecified atom stereocenters. The Morgan fingerprint density at radius 1 is 1.47 bits per heavy atom. The lowest BCUT2D eigenvalue weighted by atomic mass is 10.1. The van der Waals surface area contributed by atoms with Crippen LogP contribution in [0, 0.1) is 17.6 Å². The minimum absolute atomic E-state index is 0.0191. The van der Waals surface area contributed by atoms with Crippen molar-refractivity contribution in [2.45, 2.75) is 19.4 Å². The molecule has 1 aliphatic rings. The van der Waals surface area contributed by atoms with Gasteiger partial charge >= 0.3 is 5.97 Å².